The van der Waals surface area contributed by atoms with E-state index < -0.39 is 21.9 Å². The van der Waals surface area contributed by atoms with Gasteiger partial charge in [0.15, 0.2) is 5.82 Å². The molecule has 1 aliphatic heterocycles. The van der Waals surface area contributed by atoms with E-state index in [-0.39, 0.29) is 60.6 Å². The van der Waals surface area contributed by atoms with Gasteiger partial charge in [0.05, 0.1) is 17.6 Å². The molecule has 11 heteroatoms. The van der Waals surface area contributed by atoms with Crippen LogP contribution in [0.4, 0.5) is 4.39 Å². The molecule has 2 aromatic rings. The number of hydrogen-bond donors (Lipinski definition) is 1. The van der Waals surface area contributed by atoms with Gasteiger partial charge in [0.1, 0.15) is 0 Å². The van der Waals surface area contributed by atoms with Crippen LogP contribution in [0.2, 0.25) is 0 Å². The fourth-order valence-corrected chi connectivity index (χ4v) is 5.24. The summed E-state index contributed by atoms with van der Waals surface area (Å²) in [5, 5.41) is 0.460. The number of pyridine rings is 1. The van der Waals surface area contributed by atoms with Crippen LogP contribution in [0.25, 0.3) is 10.8 Å². The Labute approximate surface area is 175 Å². The quantitative estimate of drug-likeness (QED) is 0.765. The second kappa shape index (κ2) is 9.80. The van der Waals surface area contributed by atoms with Crippen molar-refractivity contribution in [2.24, 2.45) is 5.73 Å². The van der Waals surface area contributed by atoms with Gasteiger partial charge >= 0.3 is 0 Å². The number of benzene rings is 1. The van der Waals surface area contributed by atoms with Gasteiger partial charge in [-0.1, -0.05) is 12.1 Å². The highest BCUT2D eigenvalue weighted by Gasteiger charge is 2.34. The molecule has 1 fully saturated rings. The Morgan fingerprint density at radius 1 is 1.29 bits per heavy atom. The summed E-state index contributed by atoms with van der Waals surface area (Å²) in [5.41, 5.74) is 5.42. The van der Waals surface area contributed by atoms with Crippen molar-refractivity contribution < 1.29 is 17.6 Å². The molecule has 1 aromatic carbocycles. The van der Waals surface area contributed by atoms with Crippen LogP contribution in [0, 0.1) is 5.82 Å². The minimum atomic E-state index is -3.94. The third kappa shape index (κ3) is 4.55. The molecule has 1 aliphatic rings. The van der Waals surface area contributed by atoms with E-state index in [1.54, 1.807) is 24.0 Å². The summed E-state index contributed by atoms with van der Waals surface area (Å²) in [5.74, 6) is -0.887. The Morgan fingerprint density at radius 2 is 2.00 bits per heavy atom. The minimum absolute atomic E-state index is 0. The number of amides is 1. The number of nitrogens with two attached hydrogens (primary N) is 1. The van der Waals surface area contributed by atoms with Crippen LogP contribution in [0.1, 0.15) is 13.3 Å². The van der Waals surface area contributed by atoms with Crippen molar-refractivity contribution in [1.29, 1.82) is 0 Å². The molecule has 1 aromatic heterocycles. The van der Waals surface area contributed by atoms with E-state index in [2.05, 4.69) is 4.98 Å². The molecule has 2 N–H and O–H groups in total. The monoisotopic (exact) mass is 452 g/mol. The molecule has 2 heterocycles. The molecule has 1 atom stereocenters. The Hall–Kier alpha value is -1.52. The van der Waals surface area contributed by atoms with Gasteiger partial charge in [-0.05, 0) is 19.4 Å². The lowest BCUT2D eigenvalue weighted by atomic mass is 10.2. The lowest BCUT2D eigenvalue weighted by Gasteiger charge is -2.28. The van der Waals surface area contributed by atoms with E-state index in [0.29, 0.717) is 18.4 Å². The number of carbonyl (C=O) groups excluding carboxylic acids is 1. The SMILES string of the molecule is C[C@H]1CN(C(=O)CN)CCCN1S(=O)(=O)c1cccc2cncc(F)c12.Cl.Cl. The van der Waals surface area contributed by atoms with Crippen molar-refractivity contribution in [2.75, 3.05) is 26.2 Å². The molecule has 1 amide bonds. The number of hydrogen-bond acceptors (Lipinski definition) is 5. The van der Waals surface area contributed by atoms with Crippen LogP contribution in [0.5, 0.6) is 0 Å². The topological polar surface area (TPSA) is 96.6 Å². The van der Waals surface area contributed by atoms with Gasteiger partial charge in [-0.2, -0.15) is 4.31 Å². The number of rotatable bonds is 3. The van der Waals surface area contributed by atoms with E-state index in [4.69, 9.17) is 5.73 Å². The first kappa shape index (κ1) is 24.5. The summed E-state index contributed by atoms with van der Waals surface area (Å²) in [6.45, 7) is 2.58. The molecule has 0 spiro atoms. The van der Waals surface area contributed by atoms with E-state index >= 15 is 0 Å². The minimum Gasteiger partial charge on any atom is -0.340 e. The van der Waals surface area contributed by atoms with Crippen molar-refractivity contribution in [1.82, 2.24) is 14.2 Å². The summed E-state index contributed by atoms with van der Waals surface area (Å²) >= 11 is 0. The predicted molar refractivity (Wildman–Crippen MR) is 110 cm³/mol. The van der Waals surface area contributed by atoms with Crippen LogP contribution in [-0.2, 0) is 14.8 Å². The number of aromatic nitrogens is 1. The summed E-state index contributed by atoms with van der Waals surface area (Å²) in [6, 6.07) is 4.15. The van der Waals surface area contributed by atoms with Gasteiger partial charge in [0.2, 0.25) is 15.9 Å². The van der Waals surface area contributed by atoms with Crippen molar-refractivity contribution in [3.63, 3.8) is 0 Å². The molecule has 3 rings (SSSR count). The summed E-state index contributed by atoms with van der Waals surface area (Å²) in [7, 11) is -3.94. The van der Waals surface area contributed by atoms with Gasteiger partial charge < -0.3 is 10.6 Å². The second-order valence-electron chi connectivity index (χ2n) is 6.34. The predicted octanol–water partition coefficient (Wildman–Crippen LogP) is 1.79. The van der Waals surface area contributed by atoms with E-state index in [1.807, 2.05) is 0 Å². The van der Waals surface area contributed by atoms with E-state index in [9.17, 15) is 17.6 Å². The second-order valence-corrected chi connectivity index (χ2v) is 8.20. The summed E-state index contributed by atoms with van der Waals surface area (Å²) in [6.07, 6.45) is 2.93. The zero-order valence-corrected chi connectivity index (χ0v) is 17.7. The van der Waals surface area contributed by atoms with Gasteiger partial charge in [-0.15, -0.1) is 24.8 Å². The van der Waals surface area contributed by atoms with Gasteiger partial charge in [-0.25, -0.2) is 12.8 Å². The highest BCUT2D eigenvalue weighted by atomic mass is 35.5. The molecular formula is C17H23Cl2FN4O3S. The van der Waals surface area contributed by atoms with E-state index in [1.165, 1.54) is 16.6 Å². The Morgan fingerprint density at radius 3 is 2.68 bits per heavy atom. The first-order valence-corrected chi connectivity index (χ1v) is 9.82. The lowest BCUT2D eigenvalue weighted by molar-refractivity contribution is -0.129. The number of nitrogens with zero attached hydrogens (tertiary/aromatic N) is 3. The summed E-state index contributed by atoms with van der Waals surface area (Å²) in [4.78, 5) is 17.2. The maximum atomic E-state index is 14.3. The number of carbonyl (C=O) groups is 1. The third-order valence-electron chi connectivity index (χ3n) is 4.60. The number of halogens is 3. The van der Waals surface area contributed by atoms with Gasteiger partial charge in [0.25, 0.3) is 0 Å². The molecule has 0 aliphatic carbocycles. The Balaban J connectivity index is 0.00000196. The molecule has 28 heavy (non-hydrogen) atoms. The van der Waals surface area contributed by atoms with Crippen LogP contribution >= 0.6 is 24.8 Å². The van der Waals surface area contributed by atoms with Gasteiger partial charge in [0, 0.05) is 42.6 Å². The fraction of sp³-hybridized carbons (Fsp3) is 0.412. The number of sulfonamides is 1. The molecule has 7 nitrogen and oxygen atoms in total. The molecule has 0 saturated carbocycles. The number of fused-ring (bicyclic) bond motifs is 1. The molecule has 0 unspecified atom stereocenters. The van der Waals surface area contributed by atoms with Crippen molar-refractivity contribution in [2.45, 2.75) is 24.3 Å². The molecular weight excluding hydrogens is 430 g/mol. The first-order chi connectivity index (χ1) is 12.4. The zero-order chi connectivity index (χ0) is 18.9. The highest BCUT2D eigenvalue weighted by Crippen LogP contribution is 2.29. The average molecular weight is 453 g/mol. The highest BCUT2D eigenvalue weighted by molar-refractivity contribution is 7.89. The average Bonchev–Trinajstić information content (AvgIpc) is 2.83. The zero-order valence-electron chi connectivity index (χ0n) is 15.2. The van der Waals surface area contributed by atoms with E-state index in [0.717, 1.165) is 6.20 Å². The van der Waals surface area contributed by atoms with Crippen LogP contribution in [-0.4, -0.2) is 60.7 Å². The van der Waals surface area contributed by atoms with Crippen molar-refractivity contribution in [3.05, 3.63) is 36.4 Å². The third-order valence-corrected chi connectivity index (χ3v) is 6.65. The maximum absolute atomic E-state index is 14.3. The largest absolute Gasteiger partial charge is 0.340 e. The molecule has 156 valence electrons. The van der Waals surface area contributed by atoms with Crippen molar-refractivity contribution >= 4 is 51.5 Å². The lowest BCUT2D eigenvalue weighted by Crippen LogP contribution is -2.45. The molecule has 0 radical (unpaired) electrons. The summed E-state index contributed by atoms with van der Waals surface area (Å²) < 4.78 is 42.2. The molecule has 1 saturated heterocycles. The Kier molecular flexibility index (Phi) is 8.58. The first-order valence-electron chi connectivity index (χ1n) is 8.38. The Bertz CT molecular complexity index is 940. The normalized spacial score (nSPS) is 18.1. The smallest absolute Gasteiger partial charge is 0.244 e. The van der Waals surface area contributed by atoms with Crippen LogP contribution in [0.15, 0.2) is 35.5 Å². The van der Waals surface area contributed by atoms with Gasteiger partial charge in [-0.3, -0.25) is 9.78 Å². The standard InChI is InChI=1S/C17H21FN4O3S.2ClH/c1-12-11-21(16(23)8-19)6-3-7-22(12)26(24,25)15-5-2-4-13-9-20-10-14(18)17(13)15;;/h2,4-5,9-10,12H,3,6-8,11,19H2,1H3;2*1H/t12-;;/m0../s1. The van der Waals surface area contributed by atoms with Crippen LogP contribution in [0.3, 0.4) is 0 Å². The fourth-order valence-electron chi connectivity index (χ4n) is 3.35. The van der Waals surface area contributed by atoms with Crippen molar-refractivity contribution in [3.8, 4) is 0 Å². The van der Waals surface area contributed by atoms with Crippen LogP contribution < -0.4 is 5.73 Å². The molecule has 0 bridgehead atoms. The maximum Gasteiger partial charge on any atom is 0.244 e.